The summed E-state index contributed by atoms with van der Waals surface area (Å²) in [6.45, 7) is 0.550. The molecule has 0 spiro atoms. The highest BCUT2D eigenvalue weighted by Gasteiger charge is 2.48. The number of benzene rings is 1. The highest BCUT2D eigenvalue weighted by molar-refractivity contribution is 7.89. The molecule has 0 aliphatic carbocycles. The number of likely N-dealkylation sites (tertiary alicyclic amines) is 1. The maximum atomic E-state index is 13.2. The van der Waals surface area contributed by atoms with Crippen LogP contribution in [0.1, 0.15) is 28.9 Å². The van der Waals surface area contributed by atoms with Crippen LogP contribution < -0.4 is 0 Å². The van der Waals surface area contributed by atoms with Crippen LogP contribution >= 0.6 is 11.6 Å². The first-order valence-corrected chi connectivity index (χ1v) is 10.1. The Bertz CT molecular complexity index is 1020. The van der Waals surface area contributed by atoms with Crippen molar-refractivity contribution in [1.82, 2.24) is 24.6 Å². The van der Waals surface area contributed by atoms with E-state index in [9.17, 15) is 13.2 Å². The third-order valence-corrected chi connectivity index (χ3v) is 7.54. The van der Waals surface area contributed by atoms with E-state index in [4.69, 9.17) is 16.9 Å². The van der Waals surface area contributed by atoms with E-state index in [-0.39, 0.29) is 52.3 Å². The van der Waals surface area contributed by atoms with Crippen molar-refractivity contribution in [3.05, 3.63) is 40.7 Å². The predicted molar refractivity (Wildman–Crippen MR) is 94.3 cm³/mol. The van der Waals surface area contributed by atoms with E-state index in [0.29, 0.717) is 12.8 Å². The molecule has 27 heavy (non-hydrogen) atoms. The Kier molecular flexibility index (Phi) is 4.38. The number of nitriles is 1. The number of nitrogens with zero attached hydrogens (tertiary/aromatic N) is 5. The van der Waals surface area contributed by atoms with Gasteiger partial charge in [0.05, 0.1) is 16.8 Å². The number of piperazine rings is 1. The molecule has 0 saturated carbocycles. The van der Waals surface area contributed by atoms with Crippen molar-refractivity contribution in [2.45, 2.75) is 29.8 Å². The Morgan fingerprint density at radius 3 is 2.59 bits per heavy atom. The number of sulfonamides is 1. The van der Waals surface area contributed by atoms with Crippen LogP contribution in [0.15, 0.2) is 29.3 Å². The average Bonchev–Trinajstić information content (AvgIpc) is 3.28. The van der Waals surface area contributed by atoms with Crippen LogP contribution in [0.2, 0.25) is 5.02 Å². The topological polar surface area (TPSA) is 123 Å². The van der Waals surface area contributed by atoms with Gasteiger partial charge in [0.25, 0.3) is 5.91 Å². The molecule has 1 amide bonds. The van der Waals surface area contributed by atoms with E-state index in [0.717, 1.165) is 0 Å². The van der Waals surface area contributed by atoms with Gasteiger partial charge in [-0.1, -0.05) is 17.7 Å². The summed E-state index contributed by atoms with van der Waals surface area (Å²) < 4.78 is 27.9. The van der Waals surface area contributed by atoms with Crippen LogP contribution in [0, 0.1) is 11.3 Å². The first-order chi connectivity index (χ1) is 12.9. The Morgan fingerprint density at radius 1 is 1.30 bits per heavy atom. The third-order valence-electron chi connectivity index (χ3n) is 4.98. The summed E-state index contributed by atoms with van der Waals surface area (Å²) in [4.78, 5) is 14.1. The molecule has 2 bridgehead atoms. The van der Waals surface area contributed by atoms with Gasteiger partial charge in [-0.2, -0.15) is 25.0 Å². The van der Waals surface area contributed by atoms with E-state index in [2.05, 4.69) is 15.4 Å². The standard InChI is InChI=1S/C16H15ClN6O3S/c17-15-10(6-18)2-1-3-14(15)27(25,26)23-11-4-5-12(23)9-22(8-11)16(24)13-7-19-21-20-13/h1-3,7,11-12H,4-5,8-9H2,(H,19,20,21). The maximum Gasteiger partial charge on any atom is 0.276 e. The number of amides is 1. The van der Waals surface area contributed by atoms with Gasteiger partial charge in [0, 0.05) is 25.2 Å². The molecular weight excluding hydrogens is 392 g/mol. The van der Waals surface area contributed by atoms with E-state index < -0.39 is 10.0 Å². The monoisotopic (exact) mass is 406 g/mol. The van der Waals surface area contributed by atoms with Crippen LogP contribution in [0.3, 0.4) is 0 Å². The van der Waals surface area contributed by atoms with Gasteiger partial charge >= 0.3 is 0 Å². The zero-order valence-corrected chi connectivity index (χ0v) is 15.6. The van der Waals surface area contributed by atoms with Gasteiger partial charge in [-0.3, -0.25) is 4.79 Å². The molecule has 4 rings (SSSR count). The Hall–Kier alpha value is -2.48. The SMILES string of the molecule is N#Cc1cccc(S(=O)(=O)N2C3CCC2CN(C(=O)c2cn[nH]n2)C3)c1Cl. The minimum Gasteiger partial charge on any atom is -0.334 e. The number of H-pyrrole nitrogens is 1. The van der Waals surface area contributed by atoms with Gasteiger partial charge < -0.3 is 4.90 Å². The molecule has 2 aromatic rings. The smallest absolute Gasteiger partial charge is 0.276 e. The van der Waals surface area contributed by atoms with Crippen LogP contribution in [-0.2, 0) is 10.0 Å². The predicted octanol–water partition coefficient (Wildman–Crippen LogP) is 1.01. The second kappa shape index (κ2) is 6.60. The molecule has 1 aromatic carbocycles. The van der Waals surface area contributed by atoms with Crippen molar-refractivity contribution >= 4 is 27.5 Å². The second-order valence-electron chi connectivity index (χ2n) is 6.51. The zero-order chi connectivity index (χ0) is 19.2. The number of halogens is 1. The van der Waals surface area contributed by atoms with E-state index in [1.807, 2.05) is 6.07 Å². The first-order valence-electron chi connectivity index (χ1n) is 8.30. The molecular formula is C16H15ClN6O3S. The lowest BCUT2D eigenvalue weighted by Crippen LogP contribution is -2.57. The largest absolute Gasteiger partial charge is 0.334 e. The molecule has 2 aliphatic heterocycles. The first kappa shape index (κ1) is 17.9. The van der Waals surface area contributed by atoms with Crippen molar-refractivity contribution in [3.63, 3.8) is 0 Å². The fraction of sp³-hybridized carbons (Fsp3) is 0.375. The van der Waals surface area contributed by atoms with Gasteiger partial charge in [-0.25, -0.2) is 8.42 Å². The summed E-state index contributed by atoms with van der Waals surface area (Å²) in [5, 5.41) is 18.9. The van der Waals surface area contributed by atoms with Crippen molar-refractivity contribution in [3.8, 4) is 6.07 Å². The van der Waals surface area contributed by atoms with Crippen LogP contribution in [0.5, 0.6) is 0 Å². The van der Waals surface area contributed by atoms with Crippen LogP contribution in [0.4, 0.5) is 0 Å². The minimum absolute atomic E-state index is 0.0690. The van der Waals surface area contributed by atoms with Crippen molar-refractivity contribution in [1.29, 1.82) is 5.26 Å². The van der Waals surface area contributed by atoms with Crippen LogP contribution in [-0.4, -0.2) is 64.1 Å². The van der Waals surface area contributed by atoms with Gasteiger partial charge in [0.15, 0.2) is 5.69 Å². The Morgan fingerprint density at radius 2 is 2.00 bits per heavy atom. The lowest BCUT2D eigenvalue weighted by atomic mass is 10.2. The fourth-order valence-electron chi connectivity index (χ4n) is 3.80. The maximum absolute atomic E-state index is 13.2. The molecule has 9 nitrogen and oxygen atoms in total. The Labute approximate surface area is 160 Å². The molecule has 2 saturated heterocycles. The van der Waals surface area contributed by atoms with Gasteiger partial charge in [0.1, 0.15) is 11.0 Å². The number of nitrogens with one attached hydrogen (secondary N) is 1. The van der Waals surface area contributed by atoms with E-state index in [1.165, 1.54) is 28.7 Å². The number of aromatic amines is 1. The minimum atomic E-state index is -3.89. The highest BCUT2D eigenvalue weighted by atomic mass is 35.5. The average molecular weight is 407 g/mol. The number of hydrogen-bond donors (Lipinski definition) is 1. The lowest BCUT2D eigenvalue weighted by molar-refractivity contribution is 0.0609. The normalized spacial score (nSPS) is 22.6. The second-order valence-corrected chi connectivity index (χ2v) is 8.70. The van der Waals surface area contributed by atoms with E-state index >= 15 is 0 Å². The number of hydrogen-bond acceptors (Lipinski definition) is 6. The number of carbonyl (C=O) groups excluding carboxylic acids is 1. The summed E-state index contributed by atoms with van der Waals surface area (Å²) in [5.41, 5.74) is 0.320. The van der Waals surface area contributed by atoms with Crippen molar-refractivity contribution < 1.29 is 13.2 Å². The van der Waals surface area contributed by atoms with Crippen molar-refractivity contribution in [2.24, 2.45) is 0 Å². The van der Waals surface area contributed by atoms with Crippen LogP contribution in [0.25, 0.3) is 0 Å². The van der Waals surface area contributed by atoms with Gasteiger partial charge in [-0.15, -0.1) is 0 Å². The Balaban J connectivity index is 1.63. The number of aromatic nitrogens is 3. The quantitative estimate of drug-likeness (QED) is 0.811. The highest BCUT2D eigenvalue weighted by Crippen LogP contribution is 2.38. The van der Waals surface area contributed by atoms with E-state index in [1.54, 1.807) is 4.90 Å². The summed E-state index contributed by atoms with van der Waals surface area (Å²) >= 11 is 6.16. The lowest BCUT2D eigenvalue weighted by Gasteiger charge is -2.39. The summed E-state index contributed by atoms with van der Waals surface area (Å²) in [5.74, 6) is -0.276. The molecule has 0 radical (unpaired) electrons. The third kappa shape index (κ3) is 2.88. The molecule has 140 valence electrons. The van der Waals surface area contributed by atoms with Crippen molar-refractivity contribution in [2.75, 3.05) is 13.1 Å². The molecule has 11 heteroatoms. The van der Waals surface area contributed by atoms with Gasteiger partial charge in [-0.05, 0) is 25.0 Å². The van der Waals surface area contributed by atoms with Gasteiger partial charge in [0.2, 0.25) is 10.0 Å². The fourth-order valence-corrected chi connectivity index (χ4v) is 6.20. The molecule has 1 aromatic heterocycles. The summed E-state index contributed by atoms with van der Waals surface area (Å²) in [6.07, 6.45) is 2.66. The number of rotatable bonds is 3. The molecule has 2 atom stereocenters. The molecule has 2 aliphatic rings. The zero-order valence-electron chi connectivity index (χ0n) is 14.0. The molecule has 3 heterocycles. The molecule has 1 N–H and O–H groups in total. The number of carbonyl (C=O) groups is 1. The summed E-state index contributed by atoms with van der Waals surface area (Å²) in [7, 11) is -3.89. The summed E-state index contributed by atoms with van der Waals surface area (Å²) in [6, 6.07) is 5.61. The molecule has 2 unspecified atom stereocenters. The number of fused-ring (bicyclic) bond motifs is 2. The molecule has 2 fully saturated rings.